The molecule has 8 nitrogen and oxygen atoms in total. The van der Waals surface area contributed by atoms with E-state index in [-0.39, 0.29) is 18.6 Å². The fourth-order valence-corrected chi connectivity index (χ4v) is 3.93. The van der Waals surface area contributed by atoms with Crippen LogP contribution in [-0.2, 0) is 28.3 Å². The number of esters is 1. The molecule has 0 spiro atoms. The van der Waals surface area contributed by atoms with E-state index in [2.05, 4.69) is 0 Å². The predicted molar refractivity (Wildman–Crippen MR) is 104 cm³/mol. The van der Waals surface area contributed by atoms with Gasteiger partial charge in [0.05, 0.1) is 29.0 Å². The van der Waals surface area contributed by atoms with Gasteiger partial charge in [-0.15, -0.1) is 0 Å². The number of aromatic nitrogens is 2. The number of carbonyl (C=O) groups excluding carboxylic acids is 1. The Morgan fingerprint density at radius 3 is 2.66 bits per heavy atom. The Morgan fingerprint density at radius 2 is 1.93 bits per heavy atom. The summed E-state index contributed by atoms with van der Waals surface area (Å²) >= 11 is 0. The van der Waals surface area contributed by atoms with E-state index in [1.165, 1.54) is 0 Å². The number of ether oxygens (including phenoxy) is 1. The molecular weight excluding hydrogens is 376 g/mol. The van der Waals surface area contributed by atoms with E-state index in [0.717, 1.165) is 22.2 Å². The Labute approximate surface area is 165 Å². The van der Waals surface area contributed by atoms with Crippen molar-refractivity contribution in [2.45, 2.75) is 32.1 Å². The Morgan fingerprint density at radius 1 is 1.21 bits per heavy atom. The topological polar surface area (TPSA) is 122 Å². The van der Waals surface area contributed by atoms with E-state index < -0.39 is 18.4 Å². The second-order valence-electron chi connectivity index (χ2n) is 6.93. The van der Waals surface area contributed by atoms with E-state index in [0.29, 0.717) is 23.4 Å². The zero-order valence-electron chi connectivity index (χ0n) is 15.8. The molecule has 3 N–H and O–H groups in total. The SMILES string of the molecule is CCC1(O)C(=O)OCc2c1cc1n(c2=O)Cc2cc3ccccc3nc2-1.OCO. The molecule has 29 heavy (non-hydrogen) atoms. The number of rotatable bonds is 1. The van der Waals surface area contributed by atoms with Gasteiger partial charge >= 0.3 is 5.97 Å². The van der Waals surface area contributed by atoms with Crippen LogP contribution in [0.15, 0.2) is 41.2 Å². The molecule has 0 amide bonds. The number of hydrogen-bond donors (Lipinski definition) is 3. The van der Waals surface area contributed by atoms with Gasteiger partial charge in [-0.3, -0.25) is 4.79 Å². The van der Waals surface area contributed by atoms with E-state index >= 15 is 0 Å². The van der Waals surface area contributed by atoms with Crippen molar-refractivity contribution in [1.29, 1.82) is 0 Å². The highest BCUT2D eigenvalue weighted by molar-refractivity contribution is 5.86. The standard InChI is InChI=1S/C20H16N2O4.CH4O2/c1-2-20(25)14-8-16-17-12(7-11-5-3-4-6-15(11)21-17)9-22(16)18(23)13(14)10-26-19(20)24;2-1-3/h3-8,25H,2,9-10H2,1H3;2-3H,1H2. The van der Waals surface area contributed by atoms with Gasteiger partial charge in [0.2, 0.25) is 0 Å². The first-order chi connectivity index (χ1) is 13.9. The maximum absolute atomic E-state index is 13.0. The minimum atomic E-state index is -1.79. The van der Waals surface area contributed by atoms with Crippen LogP contribution >= 0.6 is 0 Å². The third kappa shape index (κ3) is 2.84. The lowest BCUT2D eigenvalue weighted by atomic mass is 9.86. The summed E-state index contributed by atoms with van der Waals surface area (Å²) in [6.07, 6.45) is 0.139. The van der Waals surface area contributed by atoms with Crippen molar-refractivity contribution in [3.63, 3.8) is 0 Å². The zero-order valence-corrected chi connectivity index (χ0v) is 15.8. The van der Waals surface area contributed by atoms with E-state index in [4.69, 9.17) is 19.9 Å². The van der Waals surface area contributed by atoms with Crippen LogP contribution in [0.3, 0.4) is 0 Å². The quantitative estimate of drug-likeness (QED) is 0.324. The maximum Gasteiger partial charge on any atom is 0.343 e. The molecule has 1 atom stereocenters. The van der Waals surface area contributed by atoms with Crippen molar-refractivity contribution in [2.24, 2.45) is 0 Å². The van der Waals surface area contributed by atoms with Crippen LogP contribution in [0, 0.1) is 0 Å². The van der Waals surface area contributed by atoms with E-state index in [1.807, 2.05) is 30.3 Å². The summed E-state index contributed by atoms with van der Waals surface area (Å²) in [7, 11) is 0. The number of pyridine rings is 2. The van der Waals surface area contributed by atoms with Crippen LogP contribution in [0.4, 0.5) is 0 Å². The normalized spacial score (nSPS) is 19.0. The predicted octanol–water partition coefficient (Wildman–Crippen LogP) is 1.01. The summed E-state index contributed by atoms with van der Waals surface area (Å²) in [5.41, 5.74) is 1.81. The molecule has 4 heterocycles. The highest BCUT2D eigenvalue weighted by Gasteiger charge is 2.45. The van der Waals surface area contributed by atoms with Gasteiger partial charge in [-0.2, -0.15) is 0 Å². The summed E-state index contributed by atoms with van der Waals surface area (Å²) in [4.78, 5) is 29.9. The molecule has 1 unspecified atom stereocenters. The number of para-hydroxylation sites is 1. The Hall–Kier alpha value is -3.07. The first-order valence-corrected chi connectivity index (χ1v) is 9.22. The number of aliphatic hydroxyl groups excluding tert-OH is 1. The summed E-state index contributed by atoms with van der Waals surface area (Å²) in [6, 6.07) is 11.6. The Balaban J connectivity index is 0.000000645. The number of aliphatic hydroxyl groups is 3. The molecule has 2 aromatic heterocycles. The van der Waals surface area contributed by atoms with Gasteiger partial charge < -0.3 is 24.6 Å². The number of hydrogen-bond acceptors (Lipinski definition) is 7. The van der Waals surface area contributed by atoms with Gasteiger partial charge in [0, 0.05) is 16.5 Å². The smallest absolute Gasteiger partial charge is 0.343 e. The molecule has 0 saturated heterocycles. The molecule has 2 aliphatic heterocycles. The first kappa shape index (κ1) is 19.3. The molecule has 0 saturated carbocycles. The van der Waals surface area contributed by atoms with Crippen LogP contribution in [0.5, 0.6) is 0 Å². The third-order valence-corrected chi connectivity index (χ3v) is 5.42. The monoisotopic (exact) mass is 396 g/mol. The zero-order chi connectivity index (χ0) is 20.8. The third-order valence-electron chi connectivity index (χ3n) is 5.42. The van der Waals surface area contributed by atoms with E-state index in [9.17, 15) is 14.7 Å². The summed E-state index contributed by atoms with van der Waals surface area (Å²) in [5, 5.41) is 26.1. The molecule has 0 radical (unpaired) electrons. The first-order valence-electron chi connectivity index (χ1n) is 9.22. The van der Waals surface area contributed by atoms with Crippen LogP contribution in [0.25, 0.3) is 22.3 Å². The van der Waals surface area contributed by atoms with Crippen LogP contribution in [0.1, 0.15) is 30.0 Å². The molecule has 0 aliphatic carbocycles. The van der Waals surface area contributed by atoms with Crippen molar-refractivity contribution in [1.82, 2.24) is 9.55 Å². The summed E-state index contributed by atoms with van der Waals surface area (Å²) in [6.45, 7) is 1.26. The average Bonchev–Trinajstić information content (AvgIpc) is 3.08. The van der Waals surface area contributed by atoms with Gasteiger partial charge in [0.25, 0.3) is 5.56 Å². The Kier molecular flexibility index (Phi) is 4.70. The fourth-order valence-electron chi connectivity index (χ4n) is 3.93. The highest BCUT2D eigenvalue weighted by atomic mass is 16.6. The molecule has 150 valence electrons. The van der Waals surface area contributed by atoms with Crippen molar-refractivity contribution >= 4 is 16.9 Å². The molecule has 3 aromatic rings. The van der Waals surface area contributed by atoms with Gasteiger partial charge in [-0.05, 0) is 24.6 Å². The van der Waals surface area contributed by atoms with E-state index in [1.54, 1.807) is 17.6 Å². The van der Waals surface area contributed by atoms with Crippen molar-refractivity contribution < 1.29 is 24.9 Å². The van der Waals surface area contributed by atoms with Crippen LogP contribution in [-0.4, -0.2) is 37.6 Å². The number of nitrogens with zero attached hydrogens (tertiary/aromatic N) is 2. The van der Waals surface area contributed by atoms with Crippen molar-refractivity contribution in [3.05, 3.63) is 63.4 Å². The molecule has 0 bridgehead atoms. The lowest BCUT2D eigenvalue weighted by molar-refractivity contribution is -0.172. The second kappa shape index (κ2) is 7.07. The molecule has 1 aromatic carbocycles. The second-order valence-corrected chi connectivity index (χ2v) is 6.93. The lowest BCUT2D eigenvalue weighted by Gasteiger charge is -2.31. The van der Waals surface area contributed by atoms with Crippen LogP contribution in [0.2, 0.25) is 0 Å². The fraction of sp³-hybridized carbons (Fsp3) is 0.286. The number of carbonyl (C=O) groups is 1. The summed E-state index contributed by atoms with van der Waals surface area (Å²) in [5.74, 6) is -0.707. The maximum atomic E-state index is 13.0. The highest BCUT2D eigenvalue weighted by Crippen LogP contribution is 2.38. The minimum absolute atomic E-state index is 0.110. The largest absolute Gasteiger partial charge is 0.458 e. The van der Waals surface area contributed by atoms with Gasteiger partial charge in [-0.25, -0.2) is 9.78 Å². The van der Waals surface area contributed by atoms with Crippen molar-refractivity contribution in [2.75, 3.05) is 6.79 Å². The minimum Gasteiger partial charge on any atom is -0.458 e. The molecule has 5 rings (SSSR count). The Bertz CT molecular complexity index is 1190. The van der Waals surface area contributed by atoms with Crippen LogP contribution < -0.4 is 5.56 Å². The molecule has 2 aliphatic rings. The number of benzene rings is 1. The number of fused-ring (bicyclic) bond motifs is 5. The lowest BCUT2D eigenvalue weighted by Crippen LogP contribution is -2.44. The average molecular weight is 396 g/mol. The molecular formula is C21H20N2O6. The van der Waals surface area contributed by atoms with Gasteiger partial charge in [0.1, 0.15) is 13.4 Å². The molecule has 0 fully saturated rings. The van der Waals surface area contributed by atoms with Crippen molar-refractivity contribution in [3.8, 4) is 11.4 Å². The van der Waals surface area contributed by atoms with Gasteiger partial charge in [-0.1, -0.05) is 25.1 Å². The van der Waals surface area contributed by atoms with Gasteiger partial charge in [0.15, 0.2) is 5.60 Å². The summed E-state index contributed by atoms with van der Waals surface area (Å²) < 4.78 is 6.72. The number of cyclic esters (lactones) is 1. The molecule has 8 heteroatoms.